The van der Waals surface area contributed by atoms with E-state index < -0.39 is 11.6 Å². The molecule has 1 aromatic carbocycles. The Morgan fingerprint density at radius 2 is 2.22 bits per heavy atom. The minimum absolute atomic E-state index is 0.0168. The summed E-state index contributed by atoms with van der Waals surface area (Å²) in [6.07, 6.45) is 2.82. The average molecular weight is 321 g/mol. The van der Waals surface area contributed by atoms with Gasteiger partial charge in [-0.05, 0) is 43.2 Å². The fraction of sp³-hybridized carbons (Fsp3) is 0.353. The maximum atomic E-state index is 13.6. The Bertz CT molecular complexity index is 672. The third kappa shape index (κ3) is 3.76. The number of hydrogen-bond acceptors (Lipinski definition) is 3. The van der Waals surface area contributed by atoms with Gasteiger partial charge in [-0.2, -0.15) is 0 Å². The Kier molecular flexibility index (Phi) is 4.71. The molecule has 1 atom stereocenters. The summed E-state index contributed by atoms with van der Waals surface area (Å²) >= 11 is 0. The van der Waals surface area contributed by atoms with Crippen LogP contribution in [0.3, 0.4) is 0 Å². The molecule has 0 bridgehead atoms. The molecule has 23 heavy (non-hydrogen) atoms. The molecule has 0 unspecified atom stereocenters. The molecule has 1 fully saturated rings. The number of carbonyl (C=O) groups is 1. The molecule has 0 spiro atoms. The van der Waals surface area contributed by atoms with Crippen LogP contribution in [0.2, 0.25) is 0 Å². The highest BCUT2D eigenvalue weighted by Crippen LogP contribution is 2.19. The van der Waals surface area contributed by atoms with Gasteiger partial charge in [-0.15, -0.1) is 0 Å². The second kappa shape index (κ2) is 6.91. The number of benzene rings is 1. The Balaban J connectivity index is 1.58. The van der Waals surface area contributed by atoms with Gasteiger partial charge in [0.1, 0.15) is 11.6 Å². The third-order valence-electron chi connectivity index (χ3n) is 3.88. The molecule has 6 heteroatoms. The summed E-state index contributed by atoms with van der Waals surface area (Å²) in [7, 11) is 0. The van der Waals surface area contributed by atoms with E-state index in [0.717, 1.165) is 31.0 Å². The van der Waals surface area contributed by atoms with Crippen molar-refractivity contribution in [2.24, 2.45) is 0 Å². The van der Waals surface area contributed by atoms with Crippen LogP contribution < -0.4 is 0 Å². The summed E-state index contributed by atoms with van der Waals surface area (Å²) in [5.74, 6) is -0.879. The first-order valence-electron chi connectivity index (χ1n) is 7.52. The van der Waals surface area contributed by atoms with Gasteiger partial charge in [-0.3, -0.25) is 4.79 Å². The highest BCUT2D eigenvalue weighted by molar-refractivity contribution is 5.91. The largest absolute Gasteiger partial charge is 0.459 e. The number of rotatable bonds is 4. The smallest absolute Gasteiger partial charge is 0.289 e. The van der Waals surface area contributed by atoms with Crippen molar-refractivity contribution in [2.75, 3.05) is 13.1 Å². The van der Waals surface area contributed by atoms with Gasteiger partial charge in [0.2, 0.25) is 0 Å². The Morgan fingerprint density at radius 1 is 1.35 bits per heavy atom. The number of hydrogen-bond donors (Lipinski definition) is 0. The van der Waals surface area contributed by atoms with Gasteiger partial charge < -0.3 is 14.1 Å². The van der Waals surface area contributed by atoms with Crippen molar-refractivity contribution >= 4 is 5.91 Å². The number of furan rings is 1. The molecule has 1 saturated heterocycles. The summed E-state index contributed by atoms with van der Waals surface area (Å²) in [5, 5.41) is 0. The number of piperidine rings is 1. The number of ether oxygens (including phenoxy) is 1. The number of carbonyl (C=O) groups excluding carboxylic acids is 1. The van der Waals surface area contributed by atoms with Crippen LogP contribution in [-0.2, 0) is 11.3 Å². The fourth-order valence-corrected chi connectivity index (χ4v) is 2.68. The number of likely N-dealkylation sites (tertiary alicyclic amines) is 1. The standard InChI is InChI=1S/C17H17F2NO3/c18-13-5-6-15(19)12(9-13)11-23-14-3-1-7-20(10-14)17(21)16-4-2-8-22-16/h2,4-6,8-9,14H,1,3,7,10-11H2/t14-/m0/s1. The molecular formula is C17H17F2NO3. The van der Waals surface area contributed by atoms with Crippen molar-refractivity contribution in [3.63, 3.8) is 0 Å². The van der Waals surface area contributed by atoms with Crippen molar-refractivity contribution in [2.45, 2.75) is 25.6 Å². The van der Waals surface area contributed by atoms with Crippen LogP contribution in [0, 0.1) is 11.6 Å². The predicted molar refractivity (Wildman–Crippen MR) is 78.8 cm³/mol. The van der Waals surface area contributed by atoms with Crippen LogP contribution in [-0.4, -0.2) is 30.0 Å². The van der Waals surface area contributed by atoms with Gasteiger partial charge in [-0.1, -0.05) is 0 Å². The topological polar surface area (TPSA) is 42.7 Å². The number of halogens is 2. The minimum atomic E-state index is -0.497. The molecule has 4 nitrogen and oxygen atoms in total. The Labute approximate surface area is 132 Å². The molecule has 0 saturated carbocycles. The zero-order valence-corrected chi connectivity index (χ0v) is 12.5. The fourth-order valence-electron chi connectivity index (χ4n) is 2.68. The molecule has 2 heterocycles. The van der Waals surface area contributed by atoms with Gasteiger partial charge in [0.05, 0.1) is 19.0 Å². The van der Waals surface area contributed by atoms with Crippen LogP contribution in [0.1, 0.15) is 29.0 Å². The van der Waals surface area contributed by atoms with E-state index in [1.54, 1.807) is 17.0 Å². The van der Waals surface area contributed by atoms with Crippen molar-refractivity contribution in [3.8, 4) is 0 Å². The highest BCUT2D eigenvalue weighted by Gasteiger charge is 2.26. The summed E-state index contributed by atoms with van der Waals surface area (Å²) in [6.45, 7) is 1.03. The third-order valence-corrected chi connectivity index (χ3v) is 3.88. The summed E-state index contributed by atoms with van der Waals surface area (Å²) < 4.78 is 37.5. The van der Waals surface area contributed by atoms with Gasteiger partial charge in [0, 0.05) is 18.7 Å². The van der Waals surface area contributed by atoms with Gasteiger partial charge in [0.15, 0.2) is 5.76 Å². The summed E-state index contributed by atoms with van der Waals surface area (Å²) in [6, 6.07) is 6.57. The summed E-state index contributed by atoms with van der Waals surface area (Å²) in [4.78, 5) is 13.9. The zero-order chi connectivity index (χ0) is 16.2. The van der Waals surface area contributed by atoms with Crippen molar-refractivity contribution in [1.29, 1.82) is 0 Å². The van der Waals surface area contributed by atoms with E-state index in [1.807, 2.05) is 0 Å². The molecule has 122 valence electrons. The molecule has 1 aromatic heterocycles. The lowest BCUT2D eigenvalue weighted by molar-refractivity contribution is -0.00848. The Morgan fingerprint density at radius 3 is 3.00 bits per heavy atom. The molecule has 1 aliphatic heterocycles. The molecule has 0 radical (unpaired) electrons. The van der Waals surface area contributed by atoms with Crippen LogP contribution in [0.25, 0.3) is 0 Å². The van der Waals surface area contributed by atoms with Crippen molar-refractivity contribution < 1.29 is 22.7 Å². The number of nitrogens with zero attached hydrogens (tertiary/aromatic N) is 1. The highest BCUT2D eigenvalue weighted by atomic mass is 19.1. The lowest BCUT2D eigenvalue weighted by Crippen LogP contribution is -2.43. The normalized spacial score (nSPS) is 18.2. The molecular weight excluding hydrogens is 304 g/mol. The van der Waals surface area contributed by atoms with Crippen LogP contribution in [0.15, 0.2) is 41.0 Å². The lowest BCUT2D eigenvalue weighted by Gasteiger charge is -2.32. The first-order valence-corrected chi connectivity index (χ1v) is 7.52. The predicted octanol–water partition coefficient (Wildman–Crippen LogP) is 3.38. The van der Waals surface area contributed by atoms with E-state index in [4.69, 9.17) is 9.15 Å². The molecule has 0 N–H and O–H groups in total. The summed E-state index contributed by atoms with van der Waals surface area (Å²) in [5.41, 5.74) is 0.180. The molecule has 1 aliphatic rings. The van der Waals surface area contributed by atoms with E-state index >= 15 is 0 Å². The lowest BCUT2D eigenvalue weighted by atomic mass is 10.1. The zero-order valence-electron chi connectivity index (χ0n) is 12.5. The van der Waals surface area contributed by atoms with Crippen molar-refractivity contribution in [1.82, 2.24) is 4.90 Å². The van der Waals surface area contributed by atoms with E-state index in [0.29, 0.717) is 18.8 Å². The molecule has 3 rings (SSSR count). The van der Waals surface area contributed by atoms with E-state index in [-0.39, 0.29) is 24.2 Å². The van der Waals surface area contributed by atoms with Crippen LogP contribution in [0.5, 0.6) is 0 Å². The molecule has 1 amide bonds. The van der Waals surface area contributed by atoms with Gasteiger partial charge in [-0.25, -0.2) is 8.78 Å². The SMILES string of the molecule is O=C(c1ccco1)N1CCC[C@H](OCc2cc(F)ccc2F)C1. The maximum Gasteiger partial charge on any atom is 0.289 e. The van der Waals surface area contributed by atoms with E-state index in [9.17, 15) is 13.6 Å². The monoisotopic (exact) mass is 321 g/mol. The second-order valence-corrected chi connectivity index (χ2v) is 5.54. The van der Waals surface area contributed by atoms with Crippen molar-refractivity contribution in [3.05, 3.63) is 59.6 Å². The van der Waals surface area contributed by atoms with E-state index in [2.05, 4.69) is 0 Å². The minimum Gasteiger partial charge on any atom is -0.459 e. The van der Waals surface area contributed by atoms with Crippen LogP contribution in [0.4, 0.5) is 8.78 Å². The van der Waals surface area contributed by atoms with Gasteiger partial charge >= 0.3 is 0 Å². The first-order chi connectivity index (χ1) is 11.1. The van der Waals surface area contributed by atoms with E-state index in [1.165, 1.54) is 6.26 Å². The second-order valence-electron chi connectivity index (χ2n) is 5.54. The van der Waals surface area contributed by atoms with Crippen LogP contribution >= 0.6 is 0 Å². The molecule has 0 aliphatic carbocycles. The quantitative estimate of drug-likeness (QED) is 0.867. The number of amides is 1. The maximum absolute atomic E-state index is 13.6. The Hall–Kier alpha value is -2.21. The molecule has 2 aromatic rings. The van der Waals surface area contributed by atoms with Gasteiger partial charge in [0.25, 0.3) is 5.91 Å². The average Bonchev–Trinajstić information content (AvgIpc) is 3.10. The first kappa shape index (κ1) is 15.7.